The average molecular weight is 915 g/mol. The fourth-order valence-electron chi connectivity index (χ4n) is 8.74. The van der Waals surface area contributed by atoms with Crippen LogP contribution in [0.25, 0.3) is 0 Å². The quantitative estimate of drug-likeness (QED) is 0.0244. The number of hydrogen-bond donors (Lipinski definition) is 3. The number of rotatable bonds is 53. The van der Waals surface area contributed by atoms with Gasteiger partial charge in [-0.25, -0.2) is 0 Å². The molecule has 0 aliphatic heterocycles. The molecule has 0 aromatic heterocycles. The highest BCUT2D eigenvalue weighted by atomic mass is 16.5. The number of aliphatic hydroxyl groups is 2. The average Bonchev–Trinajstić information content (AvgIpc) is 3.31. The molecule has 6 heteroatoms. The van der Waals surface area contributed by atoms with Crippen LogP contribution < -0.4 is 5.32 Å². The number of esters is 1. The Kier molecular flexibility index (Phi) is 53.1. The molecule has 2 unspecified atom stereocenters. The predicted octanol–water partition coefficient (Wildman–Crippen LogP) is 17.6. The zero-order valence-electron chi connectivity index (χ0n) is 43.5. The Morgan fingerprint density at radius 2 is 0.754 bits per heavy atom. The lowest BCUT2D eigenvalue weighted by atomic mass is 10.0. The van der Waals surface area contributed by atoms with Crippen molar-refractivity contribution in [3.05, 3.63) is 36.5 Å². The molecule has 0 aliphatic rings. The van der Waals surface area contributed by atoms with Crippen LogP contribution in [0.1, 0.15) is 303 Å². The van der Waals surface area contributed by atoms with Gasteiger partial charge in [0.1, 0.15) is 0 Å². The first-order valence-corrected chi connectivity index (χ1v) is 28.8. The van der Waals surface area contributed by atoms with E-state index in [9.17, 15) is 19.8 Å². The highest BCUT2D eigenvalue weighted by molar-refractivity contribution is 5.76. The minimum atomic E-state index is -0.860. The van der Waals surface area contributed by atoms with Gasteiger partial charge >= 0.3 is 5.97 Å². The molecule has 0 saturated heterocycles. The van der Waals surface area contributed by atoms with Gasteiger partial charge in [0.15, 0.2) is 0 Å². The summed E-state index contributed by atoms with van der Waals surface area (Å²) in [7, 11) is 0. The van der Waals surface area contributed by atoms with Gasteiger partial charge in [-0.05, 0) is 64.2 Å². The molecular weight excluding hydrogens is 803 g/mol. The van der Waals surface area contributed by atoms with Gasteiger partial charge in [0, 0.05) is 12.8 Å². The summed E-state index contributed by atoms with van der Waals surface area (Å²) in [6.45, 7) is 4.86. The summed E-state index contributed by atoms with van der Waals surface area (Å²) in [5, 5.41) is 23.1. The summed E-state index contributed by atoms with van der Waals surface area (Å²) < 4.78 is 5.43. The van der Waals surface area contributed by atoms with Gasteiger partial charge in [-0.15, -0.1) is 0 Å². The minimum Gasteiger partial charge on any atom is -0.466 e. The van der Waals surface area contributed by atoms with Crippen LogP contribution in [-0.2, 0) is 14.3 Å². The van der Waals surface area contributed by atoms with Crippen LogP contribution >= 0.6 is 0 Å². The highest BCUT2D eigenvalue weighted by Gasteiger charge is 2.18. The van der Waals surface area contributed by atoms with Gasteiger partial charge in [-0.1, -0.05) is 262 Å². The number of aliphatic hydroxyl groups excluding tert-OH is 2. The lowest BCUT2D eigenvalue weighted by Crippen LogP contribution is -2.45. The maximum atomic E-state index is 12.5. The third-order valence-corrected chi connectivity index (χ3v) is 13.2. The third-order valence-electron chi connectivity index (χ3n) is 13.2. The number of carbonyl (C=O) groups is 2. The van der Waals surface area contributed by atoms with Gasteiger partial charge in [0.25, 0.3) is 0 Å². The third kappa shape index (κ3) is 51.3. The van der Waals surface area contributed by atoms with Crippen LogP contribution in [0.15, 0.2) is 36.5 Å². The van der Waals surface area contributed by atoms with Crippen molar-refractivity contribution in [2.24, 2.45) is 0 Å². The molecule has 65 heavy (non-hydrogen) atoms. The fourth-order valence-corrected chi connectivity index (χ4v) is 8.74. The number of hydrogen-bond acceptors (Lipinski definition) is 5. The zero-order chi connectivity index (χ0) is 47.2. The molecule has 382 valence electrons. The number of ether oxygens (including phenoxy) is 1. The normalized spacial score (nSPS) is 12.9. The number of amides is 1. The van der Waals surface area contributed by atoms with Crippen molar-refractivity contribution in [3.63, 3.8) is 0 Å². The van der Waals surface area contributed by atoms with Crippen molar-refractivity contribution in [3.8, 4) is 0 Å². The van der Waals surface area contributed by atoms with Crippen molar-refractivity contribution in [2.45, 2.75) is 315 Å². The standard InChI is InChI=1S/C59H111NO5/c1-3-5-7-9-11-13-15-17-18-19-20-21-22-23-25-28-31-35-39-43-47-51-57(62)56(55-61)60-58(63)52-48-44-40-36-32-29-26-24-27-30-34-38-42-46-50-54-65-59(64)53-49-45-41-37-33-16-14-12-10-8-6-4-2/h24,27,30,34,47,51,56-57,61-62H,3-23,25-26,28-29,31-33,35-46,48-50,52-55H2,1-2H3,(H,60,63)/b27-24-,34-30-,51-47+. The smallest absolute Gasteiger partial charge is 0.305 e. The maximum absolute atomic E-state index is 12.5. The highest BCUT2D eigenvalue weighted by Crippen LogP contribution is 2.17. The van der Waals surface area contributed by atoms with Crippen LogP contribution in [0.5, 0.6) is 0 Å². The topological polar surface area (TPSA) is 95.9 Å². The van der Waals surface area contributed by atoms with Gasteiger partial charge < -0.3 is 20.3 Å². The maximum Gasteiger partial charge on any atom is 0.305 e. The van der Waals surface area contributed by atoms with Crippen LogP contribution in [0.2, 0.25) is 0 Å². The Morgan fingerprint density at radius 3 is 1.14 bits per heavy atom. The lowest BCUT2D eigenvalue weighted by molar-refractivity contribution is -0.143. The van der Waals surface area contributed by atoms with E-state index in [0.717, 1.165) is 77.0 Å². The number of nitrogens with one attached hydrogen (secondary N) is 1. The largest absolute Gasteiger partial charge is 0.466 e. The summed E-state index contributed by atoms with van der Waals surface area (Å²) in [4.78, 5) is 24.5. The molecule has 0 rings (SSSR count). The Bertz CT molecular complexity index is 1060. The zero-order valence-corrected chi connectivity index (χ0v) is 43.5. The molecule has 0 bridgehead atoms. The number of carbonyl (C=O) groups excluding carboxylic acids is 2. The van der Waals surface area contributed by atoms with E-state index in [1.54, 1.807) is 6.08 Å². The lowest BCUT2D eigenvalue weighted by Gasteiger charge is -2.20. The van der Waals surface area contributed by atoms with Crippen molar-refractivity contribution < 1.29 is 24.5 Å². The van der Waals surface area contributed by atoms with E-state index in [0.29, 0.717) is 19.4 Å². The predicted molar refractivity (Wildman–Crippen MR) is 283 cm³/mol. The number of unbranched alkanes of at least 4 members (excludes halogenated alkanes) is 39. The second-order valence-corrected chi connectivity index (χ2v) is 19.7. The molecule has 0 aliphatic carbocycles. The molecule has 2 atom stereocenters. The van der Waals surface area contributed by atoms with Crippen molar-refractivity contribution >= 4 is 11.9 Å². The molecule has 6 nitrogen and oxygen atoms in total. The van der Waals surface area contributed by atoms with Crippen LogP contribution in [0.4, 0.5) is 0 Å². The van der Waals surface area contributed by atoms with Gasteiger partial charge in [-0.3, -0.25) is 9.59 Å². The fraction of sp³-hybridized carbons (Fsp3) is 0.864. The van der Waals surface area contributed by atoms with Crippen LogP contribution in [-0.4, -0.2) is 47.4 Å². The molecule has 3 N–H and O–H groups in total. The Labute approximate surface area is 404 Å². The molecule has 0 heterocycles. The summed E-state index contributed by atoms with van der Waals surface area (Å²) >= 11 is 0. The second-order valence-electron chi connectivity index (χ2n) is 19.7. The molecule has 0 aromatic carbocycles. The summed E-state index contributed by atoms with van der Waals surface area (Å²) in [5.74, 6) is -0.111. The van der Waals surface area contributed by atoms with E-state index in [1.807, 2.05) is 6.08 Å². The molecule has 0 fully saturated rings. The molecule has 0 aromatic rings. The van der Waals surface area contributed by atoms with Gasteiger partial charge in [0.2, 0.25) is 5.91 Å². The second kappa shape index (κ2) is 54.7. The van der Waals surface area contributed by atoms with Crippen LogP contribution in [0.3, 0.4) is 0 Å². The number of allylic oxidation sites excluding steroid dienone is 5. The summed E-state index contributed by atoms with van der Waals surface area (Å²) in [6, 6.07) is -0.645. The first kappa shape index (κ1) is 63.1. The van der Waals surface area contributed by atoms with E-state index < -0.39 is 12.1 Å². The Balaban J connectivity index is 3.55. The Morgan fingerprint density at radius 1 is 0.431 bits per heavy atom. The first-order chi connectivity index (χ1) is 32.0. The molecule has 0 saturated carbocycles. The monoisotopic (exact) mass is 914 g/mol. The van der Waals surface area contributed by atoms with E-state index in [2.05, 4.69) is 43.5 Å². The molecule has 0 radical (unpaired) electrons. The van der Waals surface area contributed by atoms with Gasteiger partial charge in [-0.2, -0.15) is 0 Å². The van der Waals surface area contributed by atoms with E-state index in [1.165, 1.54) is 199 Å². The molecule has 0 spiro atoms. The minimum absolute atomic E-state index is 0.0221. The van der Waals surface area contributed by atoms with Crippen molar-refractivity contribution in [1.82, 2.24) is 5.32 Å². The van der Waals surface area contributed by atoms with E-state index in [-0.39, 0.29) is 18.5 Å². The van der Waals surface area contributed by atoms with Crippen LogP contribution in [0, 0.1) is 0 Å². The van der Waals surface area contributed by atoms with E-state index >= 15 is 0 Å². The SMILES string of the molecule is CCCCCCCCCCCCCCCCCCCCC/C=C/C(O)C(CO)NC(=O)CCCCCCCC/C=C\C=C/CCCCCOC(=O)CCCCCCCCCCCCCC. The summed E-state index contributed by atoms with van der Waals surface area (Å²) in [6.07, 6.45) is 67.4. The molecule has 1 amide bonds. The van der Waals surface area contributed by atoms with E-state index in [4.69, 9.17) is 4.74 Å². The van der Waals surface area contributed by atoms with Gasteiger partial charge in [0.05, 0.1) is 25.4 Å². The van der Waals surface area contributed by atoms with Crippen molar-refractivity contribution in [2.75, 3.05) is 13.2 Å². The summed E-state index contributed by atoms with van der Waals surface area (Å²) in [5.41, 5.74) is 0. The van der Waals surface area contributed by atoms with Crippen molar-refractivity contribution in [1.29, 1.82) is 0 Å². The Hall–Kier alpha value is -1.92. The molecular formula is C59H111NO5. The first-order valence-electron chi connectivity index (χ1n) is 28.8.